The minimum atomic E-state index is -0.886. The van der Waals surface area contributed by atoms with Crippen LogP contribution >= 0.6 is 0 Å². The Morgan fingerprint density at radius 1 is 0.116 bits per heavy atom. The number of unbranched alkanes of at least 4 members (excludes halogenated alkanes) is 84. The first-order chi connectivity index (χ1) is 60.6. The van der Waals surface area contributed by atoms with E-state index in [1.54, 1.807) is 0 Å². The van der Waals surface area contributed by atoms with E-state index < -0.39 is 59.0 Å². The third-order valence-corrected chi connectivity index (χ3v) is 29.0. The van der Waals surface area contributed by atoms with Gasteiger partial charge in [0.1, 0.15) is 0 Å². The fraction of sp³-hybridized carbons (Fsp3) is 0.944. The Morgan fingerprint density at radius 3 is 0.248 bits per heavy atom. The molecule has 0 rings (SSSR count). The number of hydrogen-bond donors (Lipinski definition) is 6. The Bertz CT molecular complexity index is 1750. The van der Waals surface area contributed by atoms with Crippen molar-refractivity contribution in [2.45, 2.75) is 658 Å². The standard InChI is InChI=1S/6C18H37NO.6ClH.3Ti/c6*1-2-3-4-5-6-7-8-9-10-11-12-13-14-15-16-17-18(19)20;;;;;;;;;/h6*2-17H2,1H3,(H2,19,20);6*1H;;;/q;;;;;;;;;;;;3*+4/p-12. The van der Waals surface area contributed by atoms with Crippen molar-refractivity contribution in [1.82, 2.24) is 22.8 Å². The number of amides is 6. The molecule has 6 N–H and O–H groups in total. The summed E-state index contributed by atoms with van der Waals surface area (Å²) in [4.78, 5) is 72.2. The third kappa shape index (κ3) is 142. The molecule has 21 heteroatoms. The van der Waals surface area contributed by atoms with Crippen LogP contribution in [-0.4, -0.2) is 35.4 Å². The van der Waals surface area contributed by atoms with Gasteiger partial charge in [-0.05, 0) is 0 Å². The molecule has 0 aliphatic carbocycles. The fourth-order valence-electron chi connectivity index (χ4n) is 16.8. The zero-order chi connectivity index (χ0) is 89.7. The second kappa shape index (κ2) is 137. The molecule has 0 aliphatic rings. The zero-order valence-electron chi connectivity index (χ0n) is 86.1. The predicted molar refractivity (Wildman–Crippen MR) is 526 cm³/mol. The van der Waals surface area contributed by atoms with Crippen LogP contribution < -0.4 is 97.2 Å². The van der Waals surface area contributed by atoms with Crippen LogP contribution in [0.5, 0.6) is 0 Å². The molecular weight excluding hydrogens is 1830 g/mol. The van der Waals surface area contributed by atoms with Crippen LogP contribution in [0.25, 0.3) is 0 Å². The average molecular weight is 2050 g/mol. The molecule has 0 heterocycles. The Labute approximate surface area is 870 Å². The smallest absolute Gasteiger partial charge is 1.00 e. The van der Waals surface area contributed by atoms with Gasteiger partial charge in [-0.15, -0.1) is 0 Å². The first kappa shape index (κ1) is 147. The summed E-state index contributed by atoms with van der Waals surface area (Å²) in [6.07, 6.45) is 124. The number of rotatable bonds is 102. The first-order valence-electron chi connectivity index (χ1n) is 55.6. The van der Waals surface area contributed by atoms with E-state index in [2.05, 4.69) is 64.3 Å². The fourth-order valence-corrected chi connectivity index (χ4v) is 19.6. The zero-order valence-corrected chi connectivity index (χ0v) is 95.3. The van der Waals surface area contributed by atoms with Gasteiger partial charge in [-0.2, -0.15) is 0 Å². The van der Waals surface area contributed by atoms with E-state index in [0.717, 1.165) is 77.0 Å². The summed E-state index contributed by atoms with van der Waals surface area (Å²) in [6, 6.07) is 0. The van der Waals surface area contributed by atoms with Crippen LogP contribution in [-0.2, 0) is 87.8 Å². The topological polar surface area (TPSA) is 175 Å². The van der Waals surface area contributed by atoms with Gasteiger partial charge < -0.3 is 74.4 Å². The number of hydrogen-bond acceptors (Lipinski definition) is 6. The van der Waals surface area contributed by atoms with Gasteiger partial charge in [0.15, 0.2) is 0 Å². The maximum absolute atomic E-state index is 12.0. The second-order valence-electron chi connectivity index (χ2n) is 37.9. The Morgan fingerprint density at radius 2 is 0.178 bits per heavy atom. The van der Waals surface area contributed by atoms with E-state index in [-0.39, 0.29) is 110 Å². The van der Waals surface area contributed by atoms with Crippen molar-refractivity contribution >= 4 is 35.4 Å². The molecule has 0 fully saturated rings. The van der Waals surface area contributed by atoms with Crippen molar-refractivity contribution < 1.29 is 162 Å². The SMILES string of the molecule is CCCCCCCCCCCCCCCCCC(=O)[NH][Ti+2][NH]C(=O)CCCCCCCCCCCCCCCCC.CCCCCCCCCCCCCCCCCC(=O)[NH][Ti+2][NH]C(=O)CCCCCCCCCCCCCCCCC.CCCCCCCCCCCCCCCCCC(=O)[NH][Ti+2][NH]C(=O)CCCCCCCCCCCCCCCCC.[Cl-].[Cl-].[Cl-].[Cl-].[Cl-].[Cl-]. The van der Waals surface area contributed by atoms with E-state index in [9.17, 15) is 28.8 Å². The molecule has 0 unspecified atom stereocenters. The molecule has 12 nitrogen and oxygen atoms in total. The van der Waals surface area contributed by atoms with Crippen LogP contribution in [0.1, 0.15) is 658 Å². The molecule has 0 saturated carbocycles. The maximum atomic E-state index is 12.0. The molecule has 0 bridgehead atoms. The summed E-state index contributed by atoms with van der Waals surface area (Å²) < 4.78 is 17.8. The van der Waals surface area contributed by atoms with Crippen molar-refractivity contribution in [3.8, 4) is 0 Å². The molecule has 0 spiro atoms. The molecule has 0 aromatic carbocycles. The molecular formula is C108H216Cl6N6O6Ti3. The van der Waals surface area contributed by atoms with Crippen LogP contribution in [0, 0.1) is 0 Å². The van der Waals surface area contributed by atoms with Crippen LogP contribution in [0.3, 0.4) is 0 Å². The molecule has 0 aromatic rings. The van der Waals surface area contributed by atoms with Crippen LogP contribution in [0.4, 0.5) is 0 Å². The van der Waals surface area contributed by atoms with E-state index in [1.807, 2.05) is 0 Å². The van der Waals surface area contributed by atoms with Gasteiger partial charge in [-0.3, -0.25) is 0 Å². The number of carbonyl (C=O) groups is 6. The predicted octanol–water partition coefficient (Wildman–Crippen LogP) is 17.0. The van der Waals surface area contributed by atoms with E-state index in [0.29, 0.717) is 38.5 Å². The van der Waals surface area contributed by atoms with Crippen molar-refractivity contribution in [2.75, 3.05) is 0 Å². The molecule has 6 amide bonds. The van der Waals surface area contributed by atoms with Crippen molar-refractivity contribution in [3.63, 3.8) is 0 Å². The number of halogens is 6. The van der Waals surface area contributed by atoms with Crippen LogP contribution in [0.15, 0.2) is 0 Å². The van der Waals surface area contributed by atoms with Gasteiger partial charge in [0, 0.05) is 0 Å². The number of carbonyl (C=O) groups excluding carboxylic acids is 6. The van der Waals surface area contributed by atoms with Crippen molar-refractivity contribution in [1.29, 1.82) is 0 Å². The minimum Gasteiger partial charge on any atom is -1.00 e. The molecule has 0 atom stereocenters. The summed E-state index contributed by atoms with van der Waals surface area (Å²) in [5.74, 6) is 0.705. The van der Waals surface area contributed by atoms with Crippen LogP contribution in [0.2, 0.25) is 0 Å². The molecule has 0 saturated heterocycles. The summed E-state index contributed by atoms with van der Waals surface area (Å²) in [7, 11) is 0. The van der Waals surface area contributed by atoms with Gasteiger partial charge in [0.2, 0.25) is 0 Å². The van der Waals surface area contributed by atoms with Crippen molar-refractivity contribution in [3.05, 3.63) is 0 Å². The Balaban J connectivity index is -0.000000234. The summed E-state index contributed by atoms with van der Waals surface area (Å²) >= 11 is -2.66. The van der Waals surface area contributed by atoms with E-state index in [1.165, 1.54) is 501 Å². The molecule has 0 aliphatic heterocycles. The summed E-state index contributed by atoms with van der Waals surface area (Å²) in [5, 5.41) is 0. The van der Waals surface area contributed by atoms with Gasteiger partial charge >= 0.3 is 531 Å². The normalized spacial score (nSPS) is 10.5. The quantitative estimate of drug-likeness (QED) is 0.0261. The molecule has 129 heavy (non-hydrogen) atoms. The van der Waals surface area contributed by atoms with Gasteiger partial charge in [0.05, 0.1) is 0 Å². The second-order valence-corrected chi connectivity index (χ2v) is 41.4. The first-order valence-corrected chi connectivity index (χ1v) is 60.3. The molecule has 0 radical (unpaired) electrons. The van der Waals surface area contributed by atoms with E-state index in [4.69, 9.17) is 0 Å². The number of nitrogens with one attached hydrogen (secondary N) is 6. The molecule has 0 aromatic heterocycles. The Kier molecular flexibility index (Phi) is 157. The monoisotopic (exact) mass is 2050 g/mol. The third-order valence-electron chi connectivity index (χ3n) is 25.3. The van der Waals surface area contributed by atoms with Gasteiger partial charge in [0.25, 0.3) is 0 Å². The van der Waals surface area contributed by atoms with Gasteiger partial charge in [-0.25, -0.2) is 0 Å². The molecule has 768 valence electrons. The van der Waals surface area contributed by atoms with E-state index >= 15 is 0 Å². The van der Waals surface area contributed by atoms with Crippen molar-refractivity contribution in [2.24, 2.45) is 0 Å². The van der Waals surface area contributed by atoms with Gasteiger partial charge in [-0.1, -0.05) is 273 Å². The summed E-state index contributed by atoms with van der Waals surface area (Å²) in [6.45, 7) is 13.7. The Hall–Kier alpha value is 0.703. The average Bonchev–Trinajstić information content (AvgIpc) is 1.02. The summed E-state index contributed by atoms with van der Waals surface area (Å²) in [5.41, 5.74) is 0. The minimum absolute atomic E-state index is 0.